The summed E-state index contributed by atoms with van der Waals surface area (Å²) in [4.78, 5) is 36.5. The molecule has 0 radical (unpaired) electrons. The van der Waals surface area contributed by atoms with Crippen molar-refractivity contribution in [1.29, 1.82) is 0 Å². The second-order valence-corrected chi connectivity index (χ2v) is 10.7. The van der Waals surface area contributed by atoms with Crippen LogP contribution in [0.15, 0.2) is 60.7 Å². The number of rotatable bonds is 7. The number of H-pyrrole nitrogens is 1. The summed E-state index contributed by atoms with van der Waals surface area (Å²) in [6.45, 7) is 3.62. The molecule has 2 aliphatic heterocycles. The highest BCUT2D eigenvalue weighted by molar-refractivity contribution is 6.31. The second kappa shape index (κ2) is 11.1. The summed E-state index contributed by atoms with van der Waals surface area (Å²) < 4.78 is 20.5. The Morgan fingerprint density at radius 3 is 2.76 bits per heavy atom. The van der Waals surface area contributed by atoms with Crippen molar-refractivity contribution in [3.8, 4) is 6.01 Å². The van der Waals surface area contributed by atoms with E-state index < -0.39 is 23.5 Å². The summed E-state index contributed by atoms with van der Waals surface area (Å²) in [6.07, 6.45) is 3.92. The maximum Gasteiger partial charge on any atom is 0.415 e. The highest BCUT2D eigenvalue weighted by atomic mass is 35.5. The first kappa shape index (κ1) is 27.2. The van der Waals surface area contributed by atoms with Crippen molar-refractivity contribution in [1.82, 2.24) is 20.2 Å². The minimum Gasteiger partial charge on any atom is -0.375 e. The largest absolute Gasteiger partial charge is 0.415 e. The van der Waals surface area contributed by atoms with E-state index in [1.165, 1.54) is 37.5 Å². The number of nitrogens with one attached hydrogen (secondary N) is 2. The number of anilines is 1. The number of aromatic nitrogens is 2. The van der Waals surface area contributed by atoms with Gasteiger partial charge in [0.05, 0.1) is 21.7 Å². The molecule has 212 valence electrons. The third kappa shape index (κ3) is 5.03. The number of imidazole rings is 1. The van der Waals surface area contributed by atoms with E-state index in [2.05, 4.69) is 20.2 Å². The highest BCUT2D eigenvalue weighted by Gasteiger charge is 2.51. The van der Waals surface area contributed by atoms with Gasteiger partial charge in [-0.2, -0.15) is 4.98 Å². The van der Waals surface area contributed by atoms with E-state index in [-0.39, 0.29) is 27.8 Å². The van der Waals surface area contributed by atoms with Gasteiger partial charge in [-0.15, -0.1) is 0 Å². The van der Waals surface area contributed by atoms with Crippen LogP contribution in [0.3, 0.4) is 0 Å². The van der Waals surface area contributed by atoms with E-state index in [9.17, 15) is 14.7 Å². The zero-order valence-electron chi connectivity index (χ0n) is 22.2. The third-order valence-corrected chi connectivity index (χ3v) is 7.94. The smallest absolute Gasteiger partial charge is 0.375 e. The van der Waals surface area contributed by atoms with Crippen LogP contribution in [-0.2, 0) is 5.72 Å². The molecule has 0 saturated carbocycles. The first-order valence-electron chi connectivity index (χ1n) is 13.6. The molecule has 1 atom stereocenters. The molecule has 1 fully saturated rings. The molecule has 0 bridgehead atoms. The summed E-state index contributed by atoms with van der Waals surface area (Å²) in [6, 6.07) is 15.6. The molecule has 9 nitrogen and oxygen atoms in total. The van der Waals surface area contributed by atoms with Crippen LogP contribution in [0.2, 0.25) is 5.02 Å². The first-order chi connectivity index (χ1) is 19.9. The molecule has 4 aromatic rings. The predicted octanol–water partition coefficient (Wildman–Crippen LogP) is 5.17. The Morgan fingerprint density at radius 1 is 1.12 bits per heavy atom. The number of aromatic amines is 1. The number of amides is 2. The van der Waals surface area contributed by atoms with Crippen molar-refractivity contribution in [3.63, 3.8) is 0 Å². The molecule has 1 unspecified atom stereocenters. The zero-order chi connectivity index (χ0) is 28.6. The van der Waals surface area contributed by atoms with E-state index in [1.54, 1.807) is 42.5 Å². The van der Waals surface area contributed by atoms with Gasteiger partial charge in [0.2, 0.25) is 0 Å². The van der Waals surface area contributed by atoms with E-state index in [4.69, 9.17) is 16.3 Å². The Kier molecular flexibility index (Phi) is 7.37. The van der Waals surface area contributed by atoms with Gasteiger partial charge < -0.3 is 25.0 Å². The first-order valence-corrected chi connectivity index (χ1v) is 14.0. The van der Waals surface area contributed by atoms with Gasteiger partial charge in [-0.25, -0.2) is 9.18 Å². The van der Waals surface area contributed by atoms with Gasteiger partial charge in [0, 0.05) is 23.2 Å². The lowest BCUT2D eigenvalue weighted by molar-refractivity contribution is 0.0699. The molecule has 41 heavy (non-hydrogen) atoms. The van der Waals surface area contributed by atoms with Gasteiger partial charge in [-0.05, 0) is 69.2 Å². The van der Waals surface area contributed by atoms with Crippen LogP contribution in [0.4, 0.5) is 14.9 Å². The number of benzene rings is 3. The summed E-state index contributed by atoms with van der Waals surface area (Å²) in [7, 11) is 0. The van der Waals surface area contributed by atoms with Gasteiger partial charge in [0.15, 0.2) is 11.5 Å². The SMILES string of the molecule is O=C(NCCCN1CCCCC1)Oc1nc2ccc(C3(O)c4ccccc4C(=O)N3c3cccc(Cl)c3F)cc2[nH]1. The van der Waals surface area contributed by atoms with Crippen LogP contribution in [-0.4, -0.2) is 58.2 Å². The second-order valence-electron chi connectivity index (χ2n) is 10.3. The molecule has 3 N–H and O–H groups in total. The molecule has 1 aromatic heterocycles. The van der Waals surface area contributed by atoms with E-state index in [1.807, 2.05) is 0 Å². The van der Waals surface area contributed by atoms with Crippen molar-refractivity contribution >= 4 is 40.3 Å². The highest BCUT2D eigenvalue weighted by Crippen LogP contribution is 2.46. The molecule has 3 heterocycles. The molecule has 11 heteroatoms. The van der Waals surface area contributed by atoms with Crippen molar-refractivity contribution < 1.29 is 23.8 Å². The van der Waals surface area contributed by atoms with Crippen molar-refractivity contribution in [2.75, 3.05) is 31.1 Å². The molecule has 1 saturated heterocycles. The predicted molar refractivity (Wildman–Crippen MR) is 153 cm³/mol. The van der Waals surface area contributed by atoms with E-state index in [0.717, 1.165) is 31.0 Å². The number of hydrogen-bond donors (Lipinski definition) is 3. The number of carbonyl (C=O) groups is 2. The summed E-state index contributed by atoms with van der Waals surface area (Å²) >= 11 is 6.03. The van der Waals surface area contributed by atoms with Crippen molar-refractivity contribution in [2.45, 2.75) is 31.4 Å². The fraction of sp³-hybridized carbons (Fsp3) is 0.300. The molecular formula is C30H29ClFN5O4. The van der Waals surface area contributed by atoms with Gasteiger partial charge >= 0.3 is 12.1 Å². The number of likely N-dealkylation sites (tertiary alicyclic amines) is 1. The van der Waals surface area contributed by atoms with Crippen LogP contribution >= 0.6 is 11.6 Å². The number of fused-ring (bicyclic) bond motifs is 2. The van der Waals surface area contributed by atoms with Gasteiger partial charge in [-0.1, -0.05) is 48.4 Å². The minimum atomic E-state index is -2.05. The standard InChI is InChI=1S/C30H29ClFN5O4/c31-22-10-6-11-25(26(22)32)37-27(38)20-8-2-3-9-21(20)30(37,40)19-12-13-23-24(18-19)35-28(34-23)41-29(39)33-14-7-17-36-15-4-1-5-16-36/h2-3,6,8-13,18,40H,1,4-5,7,14-17H2,(H,33,39)(H,34,35). The third-order valence-electron chi connectivity index (χ3n) is 7.65. The van der Waals surface area contributed by atoms with Gasteiger partial charge in [0.1, 0.15) is 0 Å². The average molecular weight is 578 g/mol. The lowest BCUT2D eigenvalue weighted by atomic mass is 9.93. The Morgan fingerprint density at radius 2 is 1.93 bits per heavy atom. The lowest BCUT2D eigenvalue weighted by Gasteiger charge is -2.35. The quantitative estimate of drug-likeness (QED) is 0.261. The molecule has 3 aromatic carbocycles. The monoisotopic (exact) mass is 577 g/mol. The Balaban J connectivity index is 1.24. The van der Waals surface area contributed by atoms with Crippen molar-refractivity contribution in [2.24, 2.45) is 0 Å². The summed E-state index contributed by atoms with van der Waals surface area (Å²) in [5.74, 6) is -1.40. The molecule has 0 spiro atoms. The summed E-state index contributed by atoms with van der Waals surface area (Å²) in [5.41, 5.74) is -0.475. The summed E-state index contributed by atoms with van der Waals surface area (Å²) in [5, 5.41) is 14.8. The number of aliphatic hydroxyl groups is 1. The van der Waals surface area contributed by atoms with Gasteiger partial charge in [-0.3, -0.25) is 9.69 Å². The number of nitrogens with zero attached hydrogens (tertiary/aromatic N) is 3. The van der Waals surface area contributed by atoms with E-state index >= 15 is 4.39 Å². The van der Waals surface area contributed by atoms with Crippen molar-refractivity contribution in [3.05, 3.63) is 88.2 Å². The average Bonchev–Trinajstić information content (AvgIpc) is 3.49. The Hall–Kier alpha value is -3.99. The molecular weight excluding hydrogens is 549 g/mol. The van der Waals surface area contributed by atoms with Crippen LogP contribution < -0.4 is 15.0 Å². The molecule has 2 aliphatic rings. The van der Waals surface area contributed by atoms with E-state index in [0.29, 0.717) is 23.1 Å². The fourth-order valence-corrected chi connectivity index (χ4v) is 5.82. The molecule has 2 amide bonds. The zero-order valence-corrected chi connectivity index (χ0v) is 23.0. The Bertz CT molecular complexity index is 1620. The number of carbonyl (C=O) groups excluding carboxylic acids is 2. The van der Waals surface area contributed by atoms with Gasteiger partial charge in [0.25, 0.3) is 5.91 Å². The molecule has 0 aliphatic carbocycles. The number of halogens is 2. The number of hydrogen-bond acceptors (Lipinski definition) is 6. The maximum absolute atomic E-state index is 15.2. The van der Waals surface area contributed by atoms with Crippen LogP contribution in [0.25, 0.3) is 11.0 Å². The lowest BCUT2D eigenvalue weighted by Crippen LogP contribution is -2.45. The van der Waals surface area contributed by atoms with Crippen LogP contribution in [0.5, 0.6) is 6.01 Å². The van der Waals surface area contributed by atoms with Crippen LogP contribution in [0.1, 0.15) is 47.2 Å². The number of ether oxygens (including phenoxy) is 1. The minimum absolute atomic E-state index is 0.0155. The normalized spacial score (nSPS) is 19.0. The Labute approximate surface area is 240 Å². The maximum atomic E-state index is 15.2. The topological polar surface area (TPSA) is 111 Å². The van der Waals surface area contributed by atoms with Crippen LogP contribution in [0, 0.1) is 5.82 Å². The molecule has 6 rings (SSSR count). The number of piperidine rings is 1. The fourth-order valence-electron chi connectivity index (χ4n) is 5.65.